The Hall–Kier alpha value is -2.49. The van der Waals surface area contributed by atoms with Gasteiger partial charge in [0.15, 0.2) is 0 Å². The lowest BCUT2D eigenvalue weighted by molar-refractivity contribution is 0.0612. The van der Waals surface area contributed by atoms with Crippen LogP contribution in [0.3, 0.4) is 0 Å². The molecule has 0 N–H and O–H groups in total. The number of benzene rings is 1. The molecule has 0 radical (unpaired) electrons. The van der Waals surface area contributed by atoms with Crippen LogP contribution < -0.4 is 0 Å². The molecule has 0 aliphatic carbocycles. The quantitative estimate of drug-likeness (QED) is 0.851. The number of nitrogens with zero attached hydrogens (tertiary/aromatic N) is 3. The van der Waals surface area contributed by atoms with Crippen molar-refractivity contribution < 1.29 is 4.79 Å². The summed E-state index contributed by atoms with van der Waals surface area (Å²) in [4.78, 5) is 16.7. The summed E-state index contributed by atoms with van der Waals surface area (Å²) < 4.78 is 0. The molecule has 0 fully saturated rings. The van der Waals surface area contributed by atoms with Crippen LogP contribution in [0.25, 0.3) is 0 Å². The molecule has 1 aliphatic heterocycles. The number of carbonyl (C=O) groups excluding carboxylic acids is 1. The number of hydrogen-bond acceptors (Lipinski definition) is 3. The van der Waals surface area contributed by atoms with E-state index in [-0.39, 0.29) is 11.4 Å². The summed E-state index contributed by atoms with van der Waals surface area (Å²) >= 11 is 0. The smallest absolute Gasteiger partial charge is 0.267 e. The second-order valence-corrected chi connectivity index (χ2v) is 6.26. The van der Waals surface area contributed by atoms with E-state index >= 15 is 0 Å². The molecule has 112 valence electrons. The zero-order valence-corrected chi connectivity index (χ0v) is 13.1. The third kappa shape index (κ3) is 2.64. The molecule has 0 spiro atoms. The van der Waals surface area contributed by atoms with Crippen LogP contribution in [0, 0.1) is 6.92 Å². The Kier molecular flexibility index (Phi) is 3.53. The number of amides is 1. The van der Waals surface area contributed by atoms with Gasteiger partial charge in [-0.05, 0) is 38.5 Å². The van der Waals surface area contributed by atoms with E-state index in [1.807, 2.05) is 26.0 Å². The molecule has 4 heteroatoms. The summed E-state index contributed by atoms with van der Waals surface area (Å²) in [5.41, 5.74) is 3.50. The molecule has 1 amide bonds. The lowest BCUT2D eigenvalue weighted by Gasteiger charge is -2.28. The lowest BCUT2D eigenvalue weighted by Crippen LogP contribution is -2.40. The molecular weight excluding hydrogens is 274 g/mol. The van der Waals surface area contributed by atoms with Crippen LogP contribution in [0.5, 0.6) is 0 Å². The summed E-state index contributed by atoms with van der Waals surface area (Å²) in [6, 6.07) is 11.7. The summed E-state index contributed by atoms with van der Waals surface area (Å²) in [5, 5.41) is 6.21. The molecule has 2 heterocycles. The van der Waals surface area contributed by atoms with Gasteiger partial charge in [0.1, 0.15) is 0 Å². The van der Waals surface area contributed by atoms with Crippen molar-refractivity contribution in [1.82, 2.24) is 9.99 Å². The number of hydrogen-bond donors (Lipinski definition) is 0. The first-order valence-corrected chi connectivity index (χ1v) is 7.36. The minimum absolute atomic E-state index is 0.0879. The number of pyridine rings is 1. The van der Waals surface area contributed by atoms with Gasteiger partial charge >= 0.3 is 0 Å². The van der Waals surface area contributed by atoms with Crippen molar-refractivity contribution >= 4 is 11.6 Å². The Morgan fingerprint density at radius 1 is 1.18 bits per heavy atom. The van der Waals surface area contributed by atoms with Crippen molar-refractivity contribution in [2.45, 2.75) is 32.7 Å². The van der Waals surface area contributed by atoms with Gasteiger partial charge in [0.2, 0.25) is 0 Å². The number of carbonyl (C=O) groups is 1. The average molecular weight is 293 g/mol. The van der Waals surface area contributed by atoms with E-state index in [1.54, 1.807) is 29.5 Å². The van der Waals surface area contributed by atoms with Gasteiger partial charge in [0.05, 0.1) is 11.3 Å². The third-order valence-electron chi connectivity index (χ3n) is 3.87. The fraction of sp³-hybridized carbons (Fsp3) is 0.278. The molecule has 0 atom stereocenters. The summed E-state index contributed by atoms with van der Waals surface area (Å²) in [6.07, 6.45) is 4.00. The maximum atomic E-state index is 12.7. The molecule has 4 nitrogen and oxygen atoms in total. The Balaban J connectivity index is 1.95. The van der Waals surface area contributed by atoms with Crippen molar-refractivity contribution in [3.05, 3.63) is 65.5 Å². The van der Waals surface area contributed by atoms with E-state index in [0.29, 0.717) is 5.56 Å². The highest BCUT2D eigenvalue weighted by Crippen LogP contribution is 2.31. The molecule has 0 unspecified atom stereocenters. The lowest BCUT2D eigenvalue weighted by atomic mass is 9.94. The average Bonchev–Trinajstić information content (AvgIpc) is 2.83. The van der Waals surface area contributed by atoms with Gasteiger partial charge in [0, 0.05) is 24.4 Å². The number of hydrazone groups is 1. The largest absolute Gasteiger partial charge is 0.274 e. The molecule has 22 heavy (non-hydrogen) atoms. The first-order valence-electron chi connectivity index (χ1n) is 7.36. The zero-order chi connectivity index (χ0) is 15.7. The van der Waals surface area contributed by atoms with Crippen LogP contribution in [0.4, 0.5) is 0 Å². The number of aromatic nitrogens is 1. The van der Waals surface area contributed by atoms with Crippen LogP contribution in [0.1, 0.15) is 41.8 Å². The van der Waals surface area contributed by atoms with E-state index in [4.69, 9.17) is 0 Å². The van der Waals surface area contributed by atoms with Crippen LogP contribution >= 0.6 is 0 Å². The highest BCUT2D eigenvalue weighted by molar-refractivity contribution is 6.05. The van der Waals surface area contributed by atoms with Gasteiger partial charge in [-0.1, -0.05) is 29.8 Å². The van der Waals surface area contributed by atoms with Crippen LogP contribution in [0.2, 0.25) is 0 Å². The highest BCUT2D eigenvalue weighted by atomic mass is 16.2. The predicted octanol–water partition coefficient (Wildman–Crippen LogP) is 3.42. The van der Waals surface area contributed by atoms with E-state index in [9.17, 15) is 4.79 Å². The molecule has 3 rings (SSSR count). The molecule has 0 saturated heterocycles. The second-order valence-electron chi connectivity index (χ2n) is 6.26. The normalized spacial score (nSPS) is 16.5. The van der Waals surface area contributed by atoms with Crippen molar-refractivity contribution in [2.75, 3.05) is 0 Å². The van der Waals surface area contributed by atoms with Crippen LogP contribution in [0.15, 0.2) is 53.9 Å². The summed E-state index contributed by atoms with van der Waals surface area (Å²) in [7, 11) is 0. The minimum Gasteiger partial charge on any atom is -0.267 e. The first kappa shape index (κ1) is 14.4. The van der Waals surface area contributed by atoms with Crippen molar-refractivity contribution in [3.8, 4) is 0 Å². The Morgan fingerprint density at radius 3 is 2.59 bits per heavy atom. The maximum absolute atomic E-state index is 12.7. The first-order chi connectivity index (χ1) is 10.5. The Bertz CT molecular complexity index is 735. The Labute approximate surface area is 130 Å². The molecule has 1 aromatic carbocycles. The Morgan fingerprint density at radius 2 is 1.91 bits per heavy atom. The van der Waals surface area contributed by atoms with Gasteiger partial charge in [0.25, 0.3) is 5.91 Å². The van der Waals surface area contributed by atoms with Crippen LogP contribution in [-0.4, -0.2) is 27.2 Å². The molecule has 0 bridgehead atoms. The molecule has 2 aromatic rings. The van der Waals surface area contributed by atoms with Crippen molar-refractivity contribution in [2.24, 2.45) is 5.10 Å². The second kappa shape index (κ2) is 5.37. The van der Waals surface area contributed by atoms with Gasteiger partial charge in [-0.25, -0.2) is 5.01 Å². The SMILES string of the molecule is Cc1cccc(C2=NN(C(=O)c3ccncc3)C(C)(C)C2)c1. The predicted molar refractivity (Wildman–Crippen MR) is 86.8 cm³/mol. The van der Waals surface area contributed by atoms with Crippen molar-refractivity contribution in [1.29, 1.82) is 0 Å². The minimum atomic E-state index is -0.334. The zero-order valence-electron chi connectivity index (χ0n) is 13.1. The number of aryl methyl sites for hydroxylation is 1. The van der Waals surface area contributed by atoms with Gasteiger partial charge < -0.3 is 0 Å². The molecule has 1 aliphatic rings. The van der Waals surface area contributed by atoms with Gasteiger partial charge in [-0.2, -0.15) is 5.10 Å². The van der Waals surface area contributed by atoms with E-state index < -0.39 is 0 Å². The van der Waals surface area contributed by atoms with E-state index in [1.165, 1.54) is 5.56 Å². The highest BCUT2D eigenvalue weighted by Gasteiger charge is 2.38. The van der Waals surface area contributed by atoms with E-state index in [2.05, 4.69) is 29.1 Å². The fourth-order valence-corrected chi connectivity index (χ4v) is 2.70. The third-order valence-corrected chi connectivity index (χ3v) is 3.87. The molecule has 0 saturated carbocycles. The van der Waals surface area contributed by atoms with Crippen molar-refractivity contribution in [3.63, 3.8) is 0 Å². The summed E-state index contributed by atoms with van der Waals surface area (Å²) in [5.74, 6) is -0.0879. The standard InChI is InChI=1S/C18H19N3O/c1-13-5-4-6-15(11-13)16-12-18(2,3)21(20-16)17(22)14-7-9-19-10-8-14/h4-11H,12H2,1-3H3. The molecule has 1 aromatic heterocycles. The monoisotopic (exact) mass is 293 g/mol. The van der Waals surface area contributed by atoms with Gasteiger partial charge in [-0.3, -0.25) is 9.78 Å². The molecular formula is C18H19N3O. The topological polar surface area (TPSA) is 45.6 Å². The fourth-order valence-electron chi connectivity index (χ4n) is 2.70. The summed E-state index contributed by atoms with van der Waals surface area (Å²) in [6.45, 7) is 6.14. The number of rotatable bonds is 2. The maximum Gasteiger partial charge on any atom is 0.274 e. The van der Waals surface area contributed by atoms with Gasteiger partial charge in [-0.15, -0.1) is 0 Å². The van der Waals surface area contributed by atoms with Crippen LogP contribution in [-0.2, 0) is 0 Å². The van der Waals surface area contributed by atoms with E-state index in [0.717, 1.165) is 17.7 Å².